The summed E-state index contributed by atoms with van der Waals surface area (Å²) in [5, 5.41) is 1.28. The van der Waals surface area contributed by atoms with Gasteiger partial charge in [0.1, 0.15) is 0 Å². The third-order valence-corrected chi connectivity index (χ3v) is 4.93. The number of piperazine rings is 1. The van der Waals surface area contributed by atoms with Crippen LogP contribution in [0, 0.1) is 6.92 Å². The Balaban J connectivity index is 1.67. The van der Waals surface area contributed by atoms with E-state index in [2.05, 4.69) is 11.0 Å². The van der Waals surface area contributed by atoms with Gasteiger partial charge in [0.15, 0.2) is 0 Å². The number of benzene rings is 2. The van der Waals surface area contributed by atoms with Crippen LogP contribution in [0.3, 0.4) is 0 Å². The summed E-state index contributed by atoms with van der Waals surface area (Å²) in [4.78, 5) is 16.7. The number of hydrogen-bond donors (Lipinski definition) is 0. The fraction of sp³-hybridized carbons (Fsp3) is 0.278. The molecule has 1 amide bonds. The first-order chi connectivity index (χ1) is 11.1. The predicted octanol–water partition coefficient (Wildman–Crippen LogP) is 4.26. The van der Waals surface area contributed by atoms with Gasteiger partial charge in [-0.05, 0) is 36.8 Å². The Hall–Kier alpha value is -1.71. The summed E-state index contributed by atoms with van der Waals surface area (Å²) in [5.41, 5.74) is 2.74. The first-order valence-corrected chi connectivity index (χ1v) is 8.37. The van der Waals surface area contributed by atoms with Crippen molar-refractivity contribution in [1.82, 2.24) is 4.90 Å². The fourth-order valence-corrected chi connectivity index (χ4v) is 3.14. The molecule has 1 saturated heterocycles. The molecule has 0 atom stereocenters. The largest absolute Gasteiger partial charge is 0.368 e. The second-order valence-electron chi connectivity index (χ2n) is 5.69. The van der Waals surface area contributed by atoms with E-state index in [0.29, 0.717) is 23.7 Å². The average Bonchev–Trinajstić information content (AvgIpc) is 2.57. The topological polar surface area (TPSA) is 23.6 Å². The molecule has 0 saturated carbocycles. The van der Waals surface area contributed by atoms with Crippen molar-refractivity contribution in [3.63, 3.8) is 0 Å². The van der Waals surface area contributed by atoms with Crippen LogP contribution < -0.4 is 4.90 Å². The number of rotatable bonds is 2. The highest BCUT2D eigenvalue weighted by Crippen LogP contribution is 2.25. The monoisotopic (exact) mass is 348 g/mol. The average molecular weight is 349 g/mol. The van der Waals surface area contributed by atoms with E-state index in [1.165, 1.54) is 0 Å². The summed E-state index contributed by atoms with van der Waals surface area (Å²) in [6, 6.07) is 13.3. The molecule has 1 heterocycles. The zero-order valence-electron chi connectivity index (χ0n) is 12.9. The third kappa shape index (κ3) is 3.46. The summed E-state index contributed by atoms with van der Waals surface area (Å²) in [5.74, 6) is -0.00260. The fourth-order valence-electron chi connectivity index (χ4n) is 2.75. The van der Waals surface area contributed by atoms with Gasteiger partial charge >= 0.3 is 0 Å². The standard InChI is InChI=1S/C18H18Cl2N2O/c1-13-6-7-14(12-17(13)20)21-8-10-22(11-9-21)18(23)15-4-2-3-5-16(15)19/h2-7,12H,8-11H2,1H3. The number of carbonyl (C=O) groups excluding carboxylic acids is 1. The van der Waals surface area contributed by atoms with Crippen molar-refractivity contribution in [1.29, 1.82) is 0 Å². The van der Waals surface area contributed by atoms with E-state index in [0.717, 1.165) is 29.4 Å². The SMILES string of the molecule is Cc1ccc(N2CCN(C(=O)c3ccccc3Cl)CC2)cc1Cl. The van der Waals surface area contributed by atoms with Crippen LogP contribution in [-0.2, 0) is 0 Å². The summed E-state index contributed by atoms with van der Waals surface area (Å²) in [7, 11) is 0. The molecular formula is C18H18Cl2N2O. The van der Waals surface area contributed by atoms with Crippen LogP contribution >= 0.6 is 23.2 Å². The number of aryl methyl sites for hydroxylation is 1. The molecule has 0 aromatic heterocycles. The van der Waals surface area contributed by atoms with E-state index in [-0.39, 0.29) is 5.91 Å². The maximum Gasteiger partial charge on any atom is 0.255 e. The number of carbonyl (C=O) groups is 1. The Labute approximate surface area is 146 Å². The lowest BCUT2D eigenvalue weighted by Gasteiger charge is -2.36. The molecule has 23 heavy (non-hydrogen) atoms. The third-order valence-electron chi connectivity index (χ3n) is 4.19. The number of halogens is 2. The number of amides is 1. The molecule has 1 aliphatic rings. The van der Waals surface area contributed by atoms with E-state index < -0.39 is 0 Å². The van der Waals surface area contributed by atoms with Crippen molar-refractivity contribution < 1.29 is 4.79 Å². The Morgan fingerprint density at radius 2 is 1.65 bits per heavy atom. The molecule has 1 fully saturated rings. The van der Waals surface area contributed by atoms with Crippen LogP contribution in [0.15, 0.2) is 42.5 Å². The second kappa shape index (κ2) is 6.81. The van der Waals surface area contributed by atoms with Gasteiger partial charge in [-0.25, -0.2) is 0 Å². The van der Waals surface area contributed by atoms with Crippen molar-refractivity contribution in [2.75, 3.05) is 31.1 Å². The lowest BCUT2D eigenvalue weighted by atomic mass is 10.1. The Kier molecular flexibility index (Phi) is 4.79. The first-order valence-electron chi connectivity index (χ1n) is 7.61. The minimum atomic E-state index is -0.00260. The van der Waals surface area contributed by atoms with Crippen molar-refractivity contribution in [3.8, 4) is 0 Å². The van der Waals surface area contributed by atoms with Crippen molar-refractivity contribution in [2.45, 2.75) is 6.92 Å². The van der Waals surface area contributed by atoms with Crippen molar-refractivity contribution in [3.05, 3.63) is 63.6 Å². The van der Waals surface area contributed by atoms with E-state index in [4.69, 9.17) is 23.2 Å². The molecule has 2 aromatic rings. The van der Waals surface area contributed by atoms with Gasteiger partial charge < -0.3 is 9.80 Å². The lowest BCUT2D eigenvalue weighted by Crippen LogP contribution is -2.48. The molecule has 5 heteroatoms. The molecule has 0 N–H and O–H groups in total. The van der Waals surface area contributed by atoms with Crippen LogP contribution in [0.4, 0.5) is 5.69 Å². The summed E-state index contributed by atoms with van der Waals surface area (Å²) in [6.07, 6.45) is 0. The van der Waals surface area contributed by atoms with Gasteiger partial charge in [-0.2, -0.15) is 0 Å². The maximum atomic E-state index is 12.6. The smallest absolute Gasteiger partial charge is 0.255 e. The Morgan fingerprint density at radius 1 is 0.957 bits per heavy atom. The molecule has 120 valence electrons. The molecule has 0 aliphatic carbocycles. The molecule has 0 bridgehead atoms. The second-order valence-corrected chi connectivity index (χ2v) is 6.51. The zero-order chi connectivity index (χ0) is 16.4. The molecule has 2 aromatic carbocycles. The van der Waals surface area contributed by atoms with Gasteiger partial charge in [-0.1, -0.05) is 41.4 Å². The summed E-state index contributed by atoms with van der Waals surface area (Å²) >= 11 is 12.3. The van der Waals surface area contributed by atoms with E-state index in [1.807, 2.05) is 36.1 Å². The molecule has 3 rings (SSSR count). The summed E-state index contributed by atoms with van der Waals surface area (Å²) in [6.45, 7) is 4.92. The van der Waals surface area contributed by atoms with Gasteiger partial charge in [0.05, 0.1) is 10.6 Å². The number of nitrogens with zero attached hydrogens (tertiary/aromatic N) is 2. The highest BCUT2D eigenvalue weighted by atomic mass is 35.5. The zero-order valence-corrected chi connectivity index (χ0v) is 14.4. The predicted molar refractivity (Wildman–Crippen MR) is 95.8 cm³/mol. The minimum absolute atomic E-state index is 0.00260. The van der Waals surface area contributed by atoms with Crippen LogP contribution in [0.2, 0.25) is 10.0 Å². The van der Waals surface area contributed by atoms with E-state index >= 15 is 0 Å². The van der Waals surface area contributed by atoms with Gasteiger partial charge in [-0.3, -0.25) is 4.79 Å². The molecule has 0 spiro atoms. The lowest BCUT2D eigenvalue weighted by molar-refractivity contribution is 0.0747. The number of hydrogen-bond acceptors (Lipinski definition) is 2. The molecule has 3 nitrogen and oxygen atoms in total. The quantitative estimate of drug-likeness (QED) is 0.809. The maximum absolute atomic E-state index is 12.6. The Morgan fingerprint density at radius 3 is 2.30 bits per heavy atom. The van der Waals surface area contributed by atoms with Crippen LogP contribution in [0.5, 0.6) is 0 Å². The Bertz CT molecular complexity index is 725. The molecular weight excluding hydrogens is 331 g/mol. The normalized spacial score (nSPS) is 14.9. The van der Waals surface area contributed by atoms with E-state index in [1.54, 1.807) is 12.1 Å². The van der Waals surface area contributed by atoms with Crippen LogP contribution in [0.25, 0.3) is 0 Å². The highest BCUT2D eigenvalue weighted by Gasteiger charge is 2.23. The van der Waals surface area contributed by atoms with Gasteiger partial charge in [0, 0.05) is 36.9 Å². The van der Waals surface area contributed by atoms with Gasteiger partial charge in [0.2, 0.25) is 0 Å². The molecule has 1 aliphatic heterocycles. The van der Waals surface area contributed by atoms with Gasteiger partial charge in [-0.15, -0.1) is 0 Å². The van der Waals surface area contributed by atoms with Crippen molar-refractivity contribution >= 4 is 34.8 Å². The highest BCUT2D eigenvalue weighted by molar-refractivity contribution is 6.33. The van der Waals surface area contributed by atoms with E-state index in [9.17, 15) is 4.79 Å². The van der Waals surface area contributed by atoms with Crippen LogP contribution in [0.1, 0.15) is 15.9 Å². The number of anilines is 1. The first kappa shape index (κ1) is 16.2. The van der Waals surface area contributed by atoms with Crippen LogP contribution in [-0.4, -0.2) is 37.0 Å². The summed E-state index contributed by atoms with van der Waals surface area (Å²) < 4.78 is 0. The molecule has 0 unspecified atom stereocenters. The van der Waals surface area contributed by atoms with Gasteiger partial charge in [0.25, 0.3) is 5.91 Å². The minimum Gasteiger partial charge on any atom is -0.368 e. The van der Waals surface area contributed by atoms with Crippen molar-refractivity contribution in [2.24, 2.45) is 0 Å². The molecule has 0 radical (unpaired) electrons.